The van der Waals surface area contributed by atoms with Gasteiger partial charge in [0.2, 0.25) is 0 Å². The Morgan fingerprint density at radius 2 is 0.689 bits per heavy atom. The molecule has 0 N–H and O–H groups in total. The molecule has 0 aliphatic carbocycles. The van der Waals surface area contributed by atoms with Crippen LogP contribution >= 0.6 is 23.5 Å². The van der Waals surface area contributed by atoms with Crippen LogP contribution < -0.4 is 16.4 Å². The first-order valence-corrected chi connectivity index (χ1v) is 22.2. The van der Waals surface area contributed by atoms with E-state index in [2.05, 4.69) is 164 Å². The van der Waals surface area contributed by atoms with Crippen LogP contribution in [-0.4, -0.2) is 6.71 Å². The minimum absolute atomic E-state index is 0.266. The fraction of sp³-hybridized carbons (Fsp3) is 0. The van der Waals surface area contributed by atoms with Gasteiger partial charge in [-0.1, -0.05) is 151 Å². The quantitative estimate of drug-likeness (QED) is 0.162. The average molecular weight is 815 g/mol. The van der Waals surface area contributed by atoms with Crippen molar-refractivity contribution in [3.05, 3.63) is 164 Å². The maximum Gasteiger partial charge on any atom is 0.257 e. The molecule has 4 nitrogen and oxygen atoms in total. The van der Waals surface area contributed by atoms with Gasteiger partial charge in [0.05, 0.1) is 9.79 Å². The summed E-state index contributed by atoms with van der Waals surface area (Å²) >= 11 is 3.60. The Bertz CT molecular complexity index is 3860. The highest BCUT2D eigenvalue weighted by Gasteiger charge is 2.46. The summed E-state index contributed by atoms with van der Waals surface area (Å²) in [7, 11) is 0. The van der Waals surface area contributed by atoms with E-state index in [0.29, 0.717) is 0 Å². The molecule has 0 unspecified atom stereocenters. The maximum atomic E-state index is 7.15. The lowest BCUT2D eigenvalue weighted by molar-refractivity contribution is 0.656. The first-order chi connectivity index (χ1) is 30.3. The highest BCUT2D eigenvalue weighted by atomic mass is 32.2. The first kappa shape index (κ1) is 32.8. The summed E-state index contributed by atoms with van der Waals surface area (Å²) in [4.78, 5) is 4.53. The van der Waals surface area contributed by atoms with Crippen LogP contribution in [0.15, 0.2) is 201 Å². The summed E-state index contributed by atoms with van der Waals surface area (Å²) in [5.74, 6) is 0. The normalized spacial score (nSPS) is 13.4. The Hall–Kier alpha value is -7.06. The first-order valence-electron chi connectivity index (χ1n) is 20.5. The third-order valence-electron chi connectivity index (χ3n) is 13.0. The van der Waals surface area contributed by atoms with E-state index in [1.165, 1.54) is 31.9 Å². The van der Waals surface area contributed by atoms with Crippen molar-refractivity contribution in [2.45, 2.75) is 19.6 Å². The van der Waals surface area contributed by atoms with Gasteiger partial charge in [0.15, 0.2) is 0 Å². The highest BCUT2D eigenvalue weighted by molar-refractivity contribution is 8.01. The molecule has 0 saturated heterocycles. The van der Waals surface area contributed by atoms with Crippen molar-refractivity contribution in [3.63, 3.8) is 0 Å². The second-order valence-electron chi connectivity index (χ2n) is 16.1. The van der Waals surface area contributed by atoms with E-state index in [1.807, 2.05) is 0 Å². The molecule has 2 aliphatic rings. The molecule has 0 bridgehead atoms. The molecule has 7 heteroatoms. The third-order valence-corrected chi connectivity index (χ3v) is 15.3. The second-order valence-corrected chi connectivity index (χ2v) is 18.2. The van der Waals surface area contributed by atoms with Crippen molar-refractivity contribution in [1.82, 2.24) is 0 Å². The fourth-order valence-corrected chi connectivity index (χ4v) is 13.2. The lowest BCUT2D eigenvalue weighted by Gasteiger charge is -2.33. The topological polar surface area (TPSA) is 52.6 Å². The molecule has 2 aliphatic heterocycles. The number of benzene rings is 9. The molecule has 0 atom stereocenters. The zero-order valence-corrected chi connectivity index (χ0v) is 33.7. The van der Waals surface area contributed by atoms with Crippen LogP contribution in [0.4, 0.5) is 0 Å². The van der Waals surface area contributed by atoms with Crippen molar-refractivity contribution >= 4 is 134 Å². The van der Waals surface area contributed by atoms with Crippen LogP contribution in [0.1, 0.15) is 0 Å². The lowest BCUT2D eigenvalue weighted by atomic mass is 9.35. The molecular weight excluding hydrogens is 788 g/mol. The SMILES string of the molecule is c1ccc(-c2ccccc2-c2cc3c4c(c2)Sc2c(c5oc6ccccc6c5c5c2oc2ccccc25)B4c2c(c4oc5ccccc5c4c4c2oc2ccccc24)S3)cc1. The zero-order chi connectivity index (χ0) is 39.5. The Labute approximate surface area is 355 Å². The molecular formula is C54H27BO4S2. The largest absolute Gasteiger partial charge is 0.457 e. The van der Waals surface area contributed by atoms with Gasteiger partial charge in [-0.05, 0) is 75.0 Å². The van der Waals surface area contributed by atoms with Crippen LogP contribution in [0.2, 0.25) is 0 Å². The van der Waals surface area contributed by atoms with Gasteiger partial charge in [-0.2, -0.15) is 0 Å². The predicted octanol–water partition coefficient (Wildman–Crippen LogP) is 14.1. The van der Waals surface area contributed by atoms with Crippen LogP contribution in [0.3, 0.4) is 0 Å². The van der Waals surface area contributed by atoms with E-state index in [1.54, 1.807) is 23.5 Å². The van der Waals surface area contributed by atoms with E-state index >= 15 is 0 Å². The molecule has 0 fully saturated rings. The van der Waals surface area contributed by atoms with Crippen molar-refractivity contribution in [1.29, 1.82) is 0 Å². The minimum atomic E-state index is -0.266. The summed E-state index contributed by atoms with van der Waals surface area (Å²) in [5.41, 5.74) is 15.2. The molecule has 282 valence electrons. The number of furan rings is 4. The number of para-hydroxylation sites is 4. The molecule has 0 saturated carbocycles. The highest BCUT2D eigenvalue weighted by Crippen LogP contribution is 2.52. The number of hydrogen-bond acceptors (Lipinski definition) is 6. The average Bonchev–Trinajstić information content (AvgIpc) is 4.09. The Balaban J connectivity index is 1.15. The third kappa shape index (κ3) is 4.24. The molecule has 4 aromatic heterocycles. The molecule has 6 heterocycles. The van der Waals surface area contributed by atoms with Crippen LogP contribution in [-0.2, 0) is 0 Å². The summed E-state index contributed by atoms with van der Waals surface area (Å²) in [5, 5.41) is 8.65. The van der Waals surface area contributed by atoms with Crippen LogP contribution in [0, 0.1) is 0 Å². The predicted molar refractivity (Wildman–Crippen MR) is 252 cm³/mol. The van der Waals surface area contributed by atoms with Gasteiger partial charge in [-0.15, -0.1) is 0 Å². The zero-order valence-electron chi connectivity index (χ0n) is 32.1. The van der Waals surface area contributed by atoms with E-state index in [-0.39, 0.29) is 6.71 Å². The van der Waals surface area contributed by atoms with Crippen molar-refractivity contribution < 1.29 is 17.7 Å². The Morgan fingerprint density at radius 3 is 1.15 bits per heavy atom. The summed E-state index contributed by atoms with van der Waals surface area (Å²) in [6.07, 6.45) is 0. The molecule has 0 amide bonds. The van der Waals surface area contributed by atoms with Crippen molar-refractivity contribution in [2.75, 3.05) is 0 Å². The number of rotatable bonds is 2. The number of hydrogen-bond donors (Lipinski definition) is 0. The molecule has 0 spiro atoms. The molecule has 15 rings (SSSR count). The van der Waals surface area contributed by atoms with E-state index in [4.69, 9.17) is 17.7 Å². The van der Waals surface area contributed by atoms with Crippen LogP contribution in [0.5, 0.6) is 0 Å². The number of fused-ring (bicyclic) bond motifs is 22. The van der Waals surface area contributed by atoms with Crippen LogP contribution in [0.25, 0.3) is 110 Å². The standard InChI is InChI=1S/C54H27BO4S2/c1-2-14-28(15-3-1)30-16-4-5-17-31(30)29-26-40-46-41(27-29)61-54-48(50-43(33-19-7-11-23-37(33)57-50)45-35-21-9-13-25-39(35)59-52(45)54)55(46)47-49-42(32-18-6-10-22-36(32)56-49)44-34-20-8-12-24-38(34)58-51(44)53(47)60-40/h1-27H. The fourth-order valence-electron chi connectivity index (χ4n) is 10.5. The van der Waals surface area contributed by atoms with Crippen molar-refractivity contribution in [2.24, 2.45) is 0 Å². The summed E-state index contributed by atoms with van der Waals surface area (Å²) in [6, 6.07) is 57.9. The minimum Gasteiger partial charge on any atom is -0.457 e. The molecule has 9 aromatic carbocycles. The Kier molecular flexibility index (Phi) is 6.35. The van der Waals surface area contributed by atoms with Gasteiger partial charge in [0.25, 0.3) is 6.71 Å². The van der Waals surface area contributed by atoms with Gasteiger partial charge >= 0.3 is 0 Å². The maximum absolute atomic E-state index is 7.15. The van der Waals surface area contributed by atoms with Gasteiger partial charge in [-0.3, -0.25) is 0 Å². The van der Waals surface area contributed by atoms with E-state index < -0.39 is 0 Å². The van der Waals surface area contributed by atoms with Gasteiger partial charge < -0.3 is 17.7 Å². The molecule has 61 heavy (non-hydrogen) atoms. The lowest BCUT2D eigenvalue weighted by Crippen LogP contribution is -2.58. The van der Waals surface area contributed by atoms with Gasteiger partial charge in [-0.25, -0.2) is 0 Å². The second kappa shape index (κ2) is 11.8. The summed E-state index contributed by atoms with van der Waals surface area (Å²) < 4.78 is 28.4. The van der Waals surface area contributed by atoms with Gasteiger partial charge in [0.1, 0.15) is 44.7 Å². The van der Waals surface area contributed by atoms with E-state index in [0.717, 1.165) is 114 Å². The molecule has 13 aromatic rings. The smallest absolute Gasteiger partial charge is 0.257 e. The Morgan fingerprint density at radius 1 is 0.328 bits per heavy atom. The van der Waals surface area contributed by atoms with E-state index in [9.17, 15) is 0 Å². The van der Waals surface area contributed by atoms with Gasteiger partial charge in [0, 0.05) is 52.9 Å². The monoisotopic (exact) mass is 814 g/mol. The summed E-state index contributed by atoms with van der Waals surface area (Å²) in [6.45, 7) is -0.266. The van der Waals surface area contributed by atoms with Crippen molar-refractivity contribution in [3.8, 4) is 22.3 Å². The molecule has 0 radical (unpaired) electrons.